The van der Waals surface area contributed by atoms with Gasteiger partial charge in [0.2, 0.25) is 0 Å². The maximum atomic E-state index is 5.73. The number of hydrogen-bond acceptors (Lipinski definition) is 3. The number of nitrogens with one attached hydrogen (secondary N) is 1. The lowest BCUT2D eigenvalue weighted by Crippen LogP contribution is -2.20. The average Bonchev–Trinajstić information content (AvgIpc) is 2.45. The van der Waals surface area contributed by atoms with Crippen LogP contribution in [0.1, 0.15) is 13.3 Å². The highest BCUT2D eigenvalue weighted by atomic mass is 16.5. The predicted octanol–water partition coefficient (Wildman–Crippen LogP) is 3.17. The third kappa shape index (κ3) is 4.07. The van der Waals surface area contributed by atoms with E-state index in [9.17, 15) is 0 Å². The minimum absolute atomic E-state index is 0.537. The quantitative estimate of drug-likeness (QED) is 0.610. The lowest BCUT2D eigenvalue weighted by molar-refractivity contribution is 0.349. The summed E-state index contributed by atoms with van der Waals surface area (Å²) in [5.41, 5.74) is 2.00. The zero-order valence-corrected chi connectivity index (χ0v) is 11.4. The van der Waals surface area contributed by atoms with Crippen molar-refractivity contribution in [2.24, 2.45) is 0 Å². The van der Waals surface area contributed by atoms with E-state index in [1.165, 1.54) is 0 Å². The molecule has 0 aliphatic heterocycles. The van der Waals surface area contributed by atoms with E-state index in [-0.39, 0.29) is 0 Å². The van der Waals surface area contributed by atoms with Crippen LogP contribution in [0, 0.1) is 0 Å². The molecule has 0 spiro atoms. The molecule has 1 aromatic heterocycles. The molecular weight excluding hydrogens is 236 g/mol. The standard InChI is InChI=1S/C16H20N2O/c1-3-8-17-11-13(2)12-19-15-7-6-14-5-4-9-18-16(14)10-15/h4-7,9-10,17H,2-3,8,11-12H2,1H3. The van der Waals surface area contributed by atoms with Gasteiger partial charge in [0.25, 0.3) is 0 Å². The third-order valence-corrected chi connectivity index (χ3v) is 2.82. The number of hydrogen-bond donors (Lipinski definition) is 1. The maximum Gasteiger partial charge on any atom is 0.121 e. The van der Waals surface area contributed by atoms with Crippen molar-refractivity contribution in [3.63, 3.8) is 0 Å². The Morgan fingerprint density at radius 2 is 2.26 bits per heavy atom. The van der Waals surface area contributed by atoms with E-state index in [1.807, 2.05) is 30.3 Å². The molecule has 3 nitrogen and oxygen atoms in total. The summed E-state index contributed by atoms with van der Waals surface area (Å²) in [6, 6.07) is 9.93. The van der Waals surface area contributed by atoms with Gasteiger partial charge in [-0.15, -0.1) is 0 Å². The summed E-state index contributed by atoms with van der Waals surface area (Å²) >= 11 is 0. The number of nitrogens with zero attached hydrogens (tertiary/aromatic N) is 1. The third-order valence-electron chi connectivity index (χ3n) is 2.82. The summed E-state index contributed by atoms with van der Waals surface area (Å²) in [7, 11) is 0. The van der Waals surface area contributed by atoms with Crippen LogP contribution in [0.5, 0.6) is 5.75 Å². The first-order valence-electron chi connectivity index (χ1n) is 6.64. The fourth-order valence-corrected chi connectivity index (χ4v) is 1.81. The molecule has 0 aliphatic rings. The first kappa shape index (κ1) is 13.6. The van der Waals surface area contributed by atoms with Gasteiger partial charge in [-0.05, 0) is 36.7 Å². The molecule has 100 valence electrons. The van der Waals surface area contributed by atoms with E-state index in [0.717, 1.165) is 41.7 Å². The van der Waals surface area contributed by atoms with Crippen LogP contribution in [0.15, 0.2) is 48.7 Å². The van der Waals surface area contributed by atoms with Crippen molar-refractivity contribution >= 4 is 10.9 Å². The van der Waals surface area contributed by atoms with Crippen molar-refractivity contribution in [1.82, 2.24) is 10.3 Å². The van der Waals surface area contributed by atoms with Crippen LogP contribution in [-0.4, -0.2) is 24.7 Å². The van der Waals surface area contributed by atoms with Crippen LogP contribution in [-0.2, 0) is 0 Å². The molecule has 0 aliphatic carbocycles. The summed E-state index contributed by atoms with van der Waals surface area (Å²) in [4.78, 5) is 4.31. The van der Waals surface area contributed by atoms with Crippen molar-refractivity contribution in [3.05, 3.63) is 48.7 Å². The molecule has 0 radical (unpaired) electrons. The summed E-state index contributed by atoms with van der Waals surface area (Å²) in [5.74, 6) is 0.836. The molecule has 0 unspecified atom stereocenters. The van der Waals surface area contributed by atoms with E-state index in [0.29, 0.717) is 6.61 Å². The molecule has 0 saturated heterocycles. The number of fused-ring (bicyclic) bond motifs is 1. The van der Waals surface area contributed by atoms with E-state index in [4.69, 9.17) is 4.74 Å². The SMILES string of the molecule is C=C(CNCCC)COc1ccc2cccnc2c1. The molecule has 1 heterocycles. The second kappa shape index (κ2) is 6.90. The minimum atomic E-state index is 0.537. The Kier molecular flexibility index (Phi) is 4.93. The van der Waals surface area contributed by atoms with Crippen LogP contribution >= 0.6 is 0 Å². The van der Waals surface area contributed by atoms with Crippen LogP contribution in [0.4, 0.5) is 0 Å². The molecule has 0 amide bonds. The van der Waals surface area contributed by atoms with Gasteiger partial charge in [-0.1, -0.05) is 19.6 Å². The summed E-state index contributed by atoms with van der Waals surface area (Å²) < 4.78 is 5.73. The Balaban J connectivity index is 1.89. The summed E-state index contributed by atoms with van der Waals surface area (Å²) in [5, 5.41) is 4.43. The maximum absolute atomic E-state index is 5.73. The highest BCUT2D eigenvalue weighted by Gasteiger charge is 1.99. The first-order chi connectivity index (χ1) is 9.29. The van der Waals surface area contributed by atoms with E-state index < -0.39 is 0 Å². The Hall–Kier alpha value is -1.87. The highest BCUT2D eigenvalue weighted by molar-refractivity contribution is 5.79. The first-order valence-corrected chi connectivity index (χ1v) is 6.64. The molecule has 1 N–H and O–H groups in total. The largest absolute Gasteiger partial charge is 0.489 e. The number of aromatic nitrogens is 1. The van der Waals surface area contributed by atoms with Crippen molar-refractivity contribution in [2.45, 2.75) is 13.3 Å². The van der Waals surface area contributed by atoms with E-state index in [1.54, 1.807) is 6.20 Å². The summed E-state index contributed by atoms with van der Waals surface area (Å²) in [6.45, 7) is 8.50. The molecule has 0 atom stereocenters. The van der Waals surface area contributed by atoms with Gasteiger partial charge >= 0.3 is 0 Å². The Morgan fingerprint density at radius 1 is 1.37 bits per heavy atom. The van der Waals surface area contributed by atoms with Gasteiger partial charge in [0.05, 0.1) is 5.52 Å². The molecular formula is C16H20N2O. The molecule has 3 heteroatoms. The van der Waals surface area contributed by atoms with Crippen LogP contribution in [0.2, 0.25) is 0 Å². The van der Waals surface area contributed by atoms with Crippen molar-refractivity contribution in [2.75, 3.05) is 19.7 Å². The Morgan fingerprint density at radius 3 is 3.11 bits per heavy atom. The fourth-order valence-electron chi connectivity index (χ4n) is 1.81. The normalized spacial score (nSPS) is 10.6. The molecule has 19 heavy (non-hydrogen) atoms. The molecule has 2 rings (SSSR count). The van der Waals surface area contributed by atoms with E-state index in [2.05, 4.69) is 23.8 Å². The number of ether oxygens (including phenoxy) is 1. The minimum Gasteiger partial charge on any atom is -0.489 e. The number of pyridine rings is 1. The van der Waals surface area contributed by atoms with Crippen molar-refractivity contribution in [3.8, 4) is 5.75 Å². The number of rotatable bonds is 7. The molecule has 0 saturated carbocycles. The zero-order valence-electron chi connectivity index (χ0n) is 11.4. The monoisotopic (exact) mass is 256 g/mol. The predicted molar refractivity (Wildman–Crippen MR) is 79.5 cm³/mol. The fraction of sp³-hybridized carbons (Fsp3) is 0.312. The van der Waals surface area contributed by atoms with Gasteiger partial charge < -0.3 is 10.1 Å². The molecule has 1 aromatic carbocycles. The van der Waals surface area contributed by atoms with Crippen LogP contribution < -0.4 is 10.1 Å². The average molecular weight is 256 g/mol. The van der Waals surface area contributed by atoms with Gasteiger partial charge in [-0.3, -0.25) is 4.98 Å². The molecule has 0 fully saturated rings. The second-order valence-corrected chi connectivity index (χ2v) is 4.57. The van der Waals surface area contributed by atoms with E-state index >= 15 is 0 Å². The van der Waals surface area contributed by atoms with Gasteiger partial charge in [-0.25, -0.2) is 0 Å². The second-order valence-electron chi connectivity index (χ2n) is 4.57. The topological polar surface area (TPSA) is 34.1 Å². The molecule has 0 bridgehead atoms. The zero-order chi connectivity index (χ0) is 13.5. The van der Waals surface area contributed by atoms with Gasteiger partial charge in [-0.2, -0.15) is 0 Å². The van der Waals surface area contributed by atoms with Gasteiger partial charge in [0.1, 0.15) is 12.4 Å². The van der Waals surface area contributed by atoms with Crippen LogP contribution in [0.3, 0.4) is 0 Å². The van der Waals surface area contributed by atoms with Crippen LogP contribution in [0.25, 0.3) is 10.9 Å². The Bertz CT molecular complexity index is 551. The smallest absolute Gasteiger partial charge is 0.121 e. The van der Waals surface area contributed by atoms with Gasteiger partial charge in [0, 0.05) is 24.2 Å². The lowest BCUT2D eigenvalue weighted by atomic mass is 10.2. The van der Waals surface area contributed by atoms with Gasteiger partial charge in [0.15, 0.2) is 0 Å². The highest BCUT2D eigenvalue weighted by Crippen LogP contribution is 2.18. The molecule has 2 aromatic rings. The number of benzene rings is 1. The van der Waals surface area contributed by atoms with Crippen molar-refractivity contribution in [1.29, 1.82) is 0 Å². The van der Waals surface area contributed by atoms with Crippen molar-refractivity contribution < 1.29 is 4.74 Å². The Labute approximate surface area is 114 Å². The summed E-state index contributed by atoms with van der Waals surface area (Å²) in [6.07, 6.45) is 2.92. The lowest BCUT2D eigenvalue weighted by Gasteiger charge is -2.10.